The maximum atomic E-state index is 9.10. The van der Waals surface area contributed by atoms with Crippen molar-refractivity contribution in [3.63, 3.8) is 0 Å². The van der Waals surface area contributed by atoms with Crippen LogP contribution in [0.25, 0.3) is 0 Å². The summed E-state index contributed by atoms with van der Waals surface area (Å²) in [5, 5.41) is 15.6. The Hall–Kier alpha value is -2.83. The first-order chi connectivity index (χ1) is 14.8. The van der Waals surface area contributed by atoms with Crippen LogP contribution in [0.5, 0.6) is 5.75 Å². The highest BCUT2D eigenvalue weighted by molar-refractivity contribution is 6.30. The first kappa shape index (κ1) is 24.4. The molecule has 3 rings (SSSR count). The van der Waals surface area contributed by atoms with Crippen molar-refractivity contribution in [1.82, 2.24) is 0 Å². The molecular formula is C24H28ClNO5. The molecule has 0 aromatic heterocycles. The van der Waals surface area contributed by atoms with Gasteiger partial charge in [-0.05, 0) is 72.9 Å². The Balaban J connectivity index is 0.000000501. The molecule has 0 fully saturated rings. The Labute approximate surface area is 187 Å². The molecule has 1 aliphatic carbocycles. The number of aliphatic carboxylic acids is 2. The molecule has 4 N–H and O–H groups in total. The van der Waals surface area contributed by atoms with Gasteiger partial charge in [0.05, 0.1) is 6.61 Å². The lowest BCUT2D eigenvalue weighted by molar-refractivity contribution is -0.159. The molecule has 0 spiro atoms. The van der Waals surface area contributed by atoms with Crippen LogP contribution in [0.2, 0.25) is 5.02 Å². The minimum Gasteiger partial charge on any atom is -0.494 e. The van der Waals surface area contributed by atoms with Gasteiger partial charge in [0.25, 0.3) is 0 Å². The summed E-state index contributed by atoms with van der Waals surface area (Å²) in [5.74, 6) is -2.74. The van der Waals surface area contributed by atoms with Gasteiger partial charge in [-0.1, -0.05) is 48.0 Å². The highest BCUT2D eigenvalue weighted by Gasteiger charge is 2.29. The minimum absolute atomic E-state index is 0.167. The van der Waals surface area contributed by atoms with E-state index in [0.717, 1.165) is 29.2 Å². The van der Waals surface area contributed by atoms with Gasteiger partial charge in [0.1, 0.15) is 5.75 Å². The number of carbonyl (C=O) groups is 2. The van der Waals surface area contributed by atoms with Crippen LogP contribution in [0, 0.1) is 5.41 Å². The van der Waals surface area contributed by atoms with Crippen LogP contribution in [0.15, 0.2) is 60.7 Å². The van der Waals surface area contributed by atoms with Gasteiger partial charge in [0.15, 0.2) is 0 Å². The summed E-state index contributed by atoms with van der Waals surface area (Å²) in [6.07, 6.45) is 10.4. The van der Waals surface area contributed by atoms with E-state index in [2.05, 4.69) is 24.3 Å². The number of carboxylic acids is 2. The van der Waals surface area contributed by atoms with Crippen molar-refractivity contribution in [3.8, 4) is 5.75 Å². The number of benzene rings is 2. The van der Waals surface area contributed by atoms with Crippen molar-refractivity contribution in [2.45, 2.75) is 38.6 Å². The van der Waals surface area contributed by atoms with Gasteiger partial charge in [0.2, 0.25) is 0 Å². The van der Waals surface area contributed by atoms with E-state index in [0.29, 0.717) is 13.2 Å². The first-order valence-corrected chi connectivity index (χ1v) is 10.5. The largest absolute Gasteiger partial charge is 0.494 e. The van der Waals surface area contributed by atoms with Crippen LogP contribution in [0.3, 0.4) is 0 Å². The molecule has 0 bridgehead atoms. The third-order valence-corrected chi connectivity index (χ3v) is 5.41. The Morgan fingerprint density at radius 1 is 1.06 bits per heavy atom. The molecule has 0 aliphatic heterocycles. The van der Waals surface area contributed by atoms with Crippen molar-refractivity contribution in [2.24, 2.45) is 11.1 Å². The molecule has 31 heavy (non-hydrogen) atoms. The van der Waals surface area contributed by atoms with E-state index in [4.69, 9.17) is 41.9 Å². The van der Waals surface area contributed by atoms with E-state index in [9.17, 15) is 0 Å². The number of allylic oxidation sites excluding steroid dienone is 2. The van der Waals surface area contributed by atoms with Crippen LogP contribution in [0.1, 0.15) is 36.8 Å². The smallest absolute Gasteiger partial charge is 0.414 e. The van der Waals surface area contributed by atoms with Crippen LogP contribution >= 0.6 is 11.6 Å². The Morgan fingerprint density at radius 2 is 1.77 bits per heavy atom. The molecule has 0 heterocycles. The summed E-state index contributed by atoms with van der Waals surface area (Å²) in [7, 11) is 0. The van der Waals surface area contributed by atoms with E-state index in [1.807, 2.05) is 36.4 Å². The predicted octanol–water partition coefficient (Wildman–Crippen LogP) is 4.69. The van der Waals surface area contributed by atoms with Crippen molar-refractivity contribution in [1.29, 1.82) is 0 Å². The molecule has 7 heteroatoms. The maximum Gasteiger partial charge on any atom is 0.414 e. The second-order valence-corrected chi connectivity index (χ2v) is 7.96. The average Bonchev–Trinajstić information content (AvgIpc) is 2.75. The molecule has 0 radical (unpaired) electrons. The topological polar surface area (TPSA) is 110 Å². The average molecular weight is 446 g/mol. The maximum absolute atomic E-state index is 9.10. The van der Waals surface area contributed by atoms with Gasteiger partial charge >= 0.3 is 11.9 Å². The minimum atomic E-state index is -1.82. The third kappa shape index (κ3) is 8.44. The van der Waals surface area contributed by atoms with Gasteiger partial charge < -0.3 is 20.7 Å². The molecular weight excluding hydrogens is 418 g/mol. The van der Waals surface area contributed by atoms with Gasteiger partial charge in [-0.15, -0.1) is 0 Å². The van der Waals surface area contributed by atoms with Crippen LogP contribution < -0.4 is 10.5 Å². The normalized spacial score (nSPS) is 17.4. The summed E-state index contributed by atoms with van der Waals surface area (Å²) in [6.45, 7) is 1.28. The van der Waals surface area contributed by atoms with Crippen molar-refractivity contribution < 1.29 is 24.5 Å². The summed E-state index contributed by atoms with van der Waals surface area (Å²) in [6, 6.07) is 16.3. The molecule has 166 valence electrons. The molecule has 1 atom stereocenters. The third-order valence-electron chi connectivity index (χ3n) is 5.17. The van der Waals surface area contributed by atoms with E-state index < -0.39 is 11.9 Å². The van der Waals surface area contributed by atoms with E-state index in [1.165, 1.54) is 24.8 Å². The van der Waals surface area contributed by atoms with Crippen LogP contribution in [-0.2, 0) is 22.6 Å². The highest BCUT2D eigenvalue weighted by Crippen LogP contribution is 2.38. The first-order valence-electron chi connectivity index (χ1n) is 10.1. The Kier molecular flexibility index (Phi) is 9.56. The lowest BCUT2D eigenvalue weighted by atomic mass is 9.72. The summed E-state index contributed by atoms with van der Waals surface area (Å²) in [4.78, 5) is 18.2. The quantitative estimate of drug-likeness (QED) is 0.421. The van der Waals surface area contributed by atoms with Gasteiger partial charge in [-0.3, -0.25) is 0 Å². The number of hydrogen-bond acceptors (Lipinski definition) is 4. The number of hydrogen-bond donors (Lipinski definition) is 3. The molecule has 1 aliphatic rings. The van der Waals surface area contributed by atoms with Gasteiger partial charge in [0, 0.05) is 11.6 Å². The van der Waals surface area contributed by atoms with Crippen molar-refractivity contribution in [2.75, 3.05) is 6.61 Å². The zero-order valence-electron chi connectivity index (χ0n) is 17.3. The number of ether oxygens (including phenoxy) is 1. The number of rotatable bonds is 7. The van der Waals surface area contributed by atoms with Crippen molar-refractivity contribution >= 4 is 23.5 Å². The zero-order chi connectivity index (χ0) is 22.7. The fraction of sp³-hybridized carbons (Fsp3) is 0.333. The van der Waals surface area contributed by atoms with Crippen molar-refractivity contribution in [3.05, 3.63) is 76.8 Å². The van der Waals surface area contributed by atoms with E-state index in [-0.39, 0.29) is 5.41 Å². The fourth-order valence-electron chi connectivity index (χ4n) is 3.58. The van der Waals surface area contributed by atoms with Crippen LogP contribution in [0.4, 0.5) is 0 Å². The predicted molar refractivity (Wildman–Crippen MR) is 120 cm³/mol. The highest BCUT2D eigenvalue weighted by atomic mass is 35.5. The monoisotopic (exact) mass is 445 g/mol. The molecule has 6 nitrogen and oxygen atoms in total. The SMILES string of the molecule is NCc1ccc(OCCC2(Cc3cccc(Cl)c3)C=CCCC2)cc1.O=C(O)C(=O)O. The van der Waals surface area contributed by atoms with E-state index >= 15 is 0 Å². The number of nitrogens with two attached hydrogens (primary N) is 1. The lowest BCUT2D eigenvalue weighted by Crippen LogP contribution is -2.26. The second kappa shape index (κ2) is 12.1. The van der Waals surface area contributed by atoms with Gasteiger partial charge in [-0.25, -0.2) is 9.59 Å². The summed E-state index contributed by atoms with van der Waals surface area (Å²) >= 11 is 6.17. The molecule has 2 aromatic carbocycles. The Morgan fingerprint density at radius 3 is 2.32 bits per heavy atom. The molecule has 0 saturated heterocycles. The number of carboxylic acid groups (broad SMARTS) is 2. The summed E-state index contributed by atoms with van der Waals surface area (Å²) < 4.78 is 5.99. The Bertz CT molecular complexity index is 885. The second-order valence-electron chi connectivity index (χ2n) is 7.52. The zero-order valence-corrected chi connectivity index (χ0v) is 18.1. The molecule has 0 amide bonds. The fourth-order valence-corrected chi connectivity index (χ4v) is 3.79. The number of halogens is 1. The van der Waals surface area contributed by atoms with Gasteiger partial charge in [-0.2, -0.15) is 0 Å². The van der Waals surface area contributed by atoms with Crippen LogP contribution in [-0.4, -0.2) is 28.8 Å². The van der Waals surface area contributed by atoms with E-state index in [1.54, 1.807) is 0 Å². The molecule has 1 unspecified atom stereocenters. The molecule has 2 aromatic rings. The summed E-state index contributed by atoms with van der Waals surface area (Å²) in [5.41, 5.74) is 8.23. The standard InChI is InChI=1S/C22H26ClNO.C2H2O4/c23-20-6-4-5-19(15-20)16-22(11-2-1-3-12-22)13-14-25-21-9-7-18(17-24)8-10-21;3-1(4)2(5)6/h2,4-11,15H,1,3,12-14,16-17,24H2;(H,3,4)(H,5,6). The lowest BCUT2D eigenvalue weighted by Gasteiger charge is -2.33. The molecule has 0 saturated carbocycles.